The van der Waals surface area contributed by atoms with Gasteiger partial charge in [-0.2, -0.15) is 9.97 Å². The second kappa shape index (κ2) is 9.12. The predicted molar refractivity (Wildman–Crippen MR) is 126 cm³/mol. The fourth-order valence-electron chi connectivity index (χ4n) is 3.45. The quantitative estimate of drug-likeness (QED) is 0.576. The predicted octanol–water partition coefficient (Wildman–Crippen LogP) is 4.02. The third-order valence-corrected chi connectivity index (χ3v) is 6.54. The van der Waals surface area contributed by atoms with E-state index in [1.807, 2.05) is 32.0 Å². The van der Waals surface area contributed by atoms with E-state index in [9.17, 15) is 13.2 Å². The summed E-state index contributed by atoms with van der Waals surface area (Å²) in [6.45, 7) is 9.08. The van der Waals surface area contributed by atoms with Gasteiger partial charge in [-0.05, 0) is 51.3 Å². The molecule has 0 aliphatic heterocycles. The maximum absolute atomic E-state index is 12.5. The van der Waals surface area contributed by atoms with Crippen LogP contribution in [-0.2, 0) is 17.1 Å². The second-order valence-electron chi connectivity index (χ2n) is 7.90. The first-order valence-corrected chi connectivity index (χ1v) is 12.0. The fraction of sp³-hybridized carbons (Fsp3) is 0.348. The minimum Gasteiger partial charge on any atom is -0.424 e. The Kier molecular flexibility index (Phi) is 6.68. The van der Waals surface area contributed by atoms with Crippen molar-refractivity contribution in [1.82, 2.24) is 14.5 Å². The molecular formula is C23H28N4O4S. The molecule has 0 amide bonds. The van der Waals surface area contributed by atoms with Gasteiger partial charge < -0.3 is 9.30 Å². The number of nitrogens with one attached hydrogen (secondary N) is 1. The molecule has 0 unspecified atom stereocenters. The van der Waals surface area contributed by atoms with Crippen molar-refractivity contribution in [3.8, 4) is 23.0 Å². The molecule has 9 heteroatoms. The number of hydrogen-bond acceptors (Lipinski definition) is 6. The lowest BCUT2D eigenvalue weighted by molar-refractivity contribution is 0.436. The molecule has 3 rings (SSSR count). The molecule has 8 nitrogen and oxygen atoms in total. The summed E-state index contributed by atoms with van der Waals surface area (Å²) < 4.78 is 35.0. The van der Waals surface area contributed by atoms with Crippen molar-refractivity contribution in [2.75, 3.05) is 10.5 Å². The van der Waals surface area contributed by atoms with Gasteiger partial charge in [-0.1, -0.05) is 25.1 Å². The number of aryl methyl sites for hydroxylation is 4. The molecule has 1 aromatic carbocycles. The van der Waals surface area contributed by atoms with Gasteiger partial charge in [0.15, 0.2) is 0 Å². The molecular weight excluding hydrogens is 428 g/mol. The Morgan fingerprint density at radius 1 is 1.06 bits per heavy atom. The standard InChI is InChI=1S/C23H28N4O4S/c1-7-11-32(29,30)26-21-17(5)19(18-12-16(4)22(28)27(6)13-18)24-23(25-21)31-20-14(2)9-8-10-15(20)3/h8-10,12-13H,7,11H2,1-6H3,(H,24,25,26). The number of nitrogens with zero attached hydrogens (tertiary/aromatic N) is 3. The van der Waals surface area contributed by atoms with Gasteiger partial charge in [-0.3, -0.25) is 9.52 Å². The highest BCUT2D eigenvalue weighted by molar-refractivity contribution is 7.92. The van der Waals surface area contributed by atoms with Gasteiger partial charge in [0, 0.05) is 29.9 Å². The lowest BCUT2D eigenvalue weighted by Crippen LogP contribution is -2.20. The highest BCUT2D eigenvalue weighted by Crippen LogP contribution is 2.32. The topological polar surface area (TPSA) is 103 Å². The van der Waals surface area contributed by atoms with Gasteiger partial charge in [-0.25, -0.2) is 8.42 Å². The molecule has 0 atom stereocenters. The average molecular weight is 457 g/mol. The summed E-state index contributed by atoms with van der Waals surface area (Å²) in [5, 5.41) is 0. The number of para-hydroxylation sites is 1. The Bertz CT molecular complexity index is 1280. The monoisotopic (exact) mass is 456 g/mol. The van der Waals surface area contributed by atoms with Crippen LogP contribution in [0.1, 0.15) is 35.6 Å². The fourth-order valence-corrected chi connectivity index (χ4v) is 4.58. The molecule has 0 fully saturated rings. The lowest BCUT2D eigenvalue weighted by atomic mass is 10.1. The molecule has 0 saturated heterocycles. The minimum absolute atomic E-state index is 0.0173. The Balaban J connectivity index is 2.21. The van der Waals surface area contributed by atoms with Crippen LogP contribution in [0.2, 0.25) is 0 Å². The third kappa shape index (κ3) is 4.99. The van der Waals surface area contributed by atoms with Gasteiger partial charge in [0.05, 0.1) is 11.4 Å². The number of aromatic nitrogens is 3. The van der Waals surface area contributed by atoms with Gasteiger partial charge in [0.1, 0.15) is 11.6 Å². The van der Waals surface area contributed by atoms with E-state index in [-0.39, 0.29) is 23.1 Å². The Hall–Kier alpha value is -3.20. The number of hydrogen-bond donors (Lipinski definition) is 1. The average Bonchev–Trinajstić information content (AvgIpc) is 2.70. The first kappa shape index (κ1) is 23.5. The van der Waals surface area contributed by atoms with Gasteiger partial charge in [-0.15, -0.1) is 0 Å². The smallest absolute Gasteiger partial charge is 0.324 e. The molecule has 170 valence electrons. The molecule has 1 N–H and O–H groups in total. The largest absolute Gasteiger partial charge is 0.424 e. The molecule has 32 heavy (non-hydrogen) atoms. The molecule has 2 heterocycles. The highest BCUT2D eigenvalue weighted by Gasteiger charge is 2.20. The van der Waals surface area contributed by atoms with Crippen LogP contribution in [0, 0.1) is 27.7 Å². The van der Waals surface area contributed by atoms with Crippen LogP contribution < -0.4 is 15.0 Å². The summed E-state index contributed by atoms with van der Waals surface area (Å²) >= 11 is 0. The summed E-state index contributed by atoms with van der Waals surface area (Å²) in [5.74, 6) is 0.732. The molecule has 0 aliphatic rings. The number of pyridine rings is 1. The Morgan fingerprint density at radius 2 is 1.72 bits per heavy atom. The summed E-state index contributed by atoms with van der Waals surface area (Å²) in [7, 11) is -1.93. The van der Waals surface area contributed by atoms with E-state index in [1.54, 1.807) is 40.1 Å². The van der Waals surface area contributed by atoms with E-state index < -0.39 is 10.0 Å². The van der Waals surface area contributed by atoms with Gasteiger partial charge in [0.25, 0.3) is 5.56 Å². The van der Waals surface area contributed by atoms with Crippen LogP contribution in [0.25, 0.3) is 11.3 Å². The number of sulfonamides is 1. The number of anilines is 1. The molecule has 0 bridgehead atoms. The Labute approximate surface area is 188 Å². The van der Waals surface area contributed by atoms with Gasteiger partial charge >= 0.3 is 6.01 Å². The van der Waals surface area contributed by atoms with E-state index in [1.165, 1.54) is 4.57 Å². The van der Waals surface area contributed by atoms with E-state index in [0.29, 0.717) is 34.6 Å². The van der Waals surface area contributed by atoms with Crippen LogP contribution in [0.4, 0.5) is 5.82 Å². The first-order chi connectivity index (χ1) is 15.0. The minimum atomic E-state index is -3.59. The summed E-state index contributed by atoms with van der Waals surface area (Å²) in [4.78, 5) is 21.1. The third-order valence-electron chi connectivity index (χ3n) is 5.09. The van der Waals surface area contributed by atoms with Crippen LogP contribution in [0.5, 0.6) is 11.8 Å². The molecule has 0 aliphatic carbocycles. The van der Waals surface area contributed by atoms with Crippen molar-refractivity contribution in [3.05, 3.63) is 63.1 Å². The zero-order chi connectivity index (χ0) is 23.6. The number of benzene rings is 1. The normalized spacial score (nSPS) is 11.4. The zero-order valence-electron chi connectivity index (χ0n) is 19.2. The van der Waals surface area contributed by atoms with Crippen LogP contribution in [-0.4, -0.2) is 28.7 Å². The van der Waals surface area contributed by atoms with Crippen molar-refractivity contribution >= 4 is 15.8 Å². The number of ether oxygens (including phenoxy) is 1. The van der Waals surface area contributed by atoms with Crippen molar-refractivity contribution in [2.24, 2.45) is 7.05 Å². The molecule has 2 aromatic heterocycles. The van der Waals surface area contributed by atoms with Crippen molar-refractivity contribution < 1.29 is 13.2 Å². The van der Waals surface area contributed by atoms with Crippen LogP contribution in [0.15, 0.2) is 35.3 Å². The van der Waals surface area contributed by atoms with E-state index in [4.69, 9.17) is 4.74 Å². The van der Waals surface area contributed by atoms with E-state index in [2.05, 4.69) is 14.7 Å². The molecule has 3 aromatic rings. The van der Waals surface area contributed by atoms with Crippen LogP contribution in [0.3, 0.4) is 0 Å². The SMILES string of the molecule is CCCS(=O)(=O)Nc1nc(Oc2c(C)cccc2C)nc(-c2cc(C)c(=O)n(C)c2)c1C. The van der Waals surface area contributed by atoms with Crippen molar-refractivity contribution in [3.63, 3.8) is 0 Å². The van der Waals surface area contributed by atoms with Crippen molar-refractivity contribution in [2.45, 2.75) is 41.0 Å². The molecule has 0 radical (unpaired) electrons. The van der Waals surface area contributed by atoms with E-state index >= 15 is 0 Å². The lowest BCUT2D eigenvalue weighted by Gasteiger charge is -2.16. The number of rotatable bonds is 7. The second-order valence-corrected chi connectivity index (χ2v) is 9.74. The Morgan fingerprint density at radius 3 is 2.31 bits per heavy atom. The van der Waals surface area contributed by atoms with E-state index in [0.717, 1.165) is 11.1 Å². The summed E-state index contributed by atoms with van der Waals surface area (Å²) in [5.41, 5.74) is 3.92. The first-order valence-electron chi connectivity index (χ1n) is 10.3. The maximum Gasteiger partial charge on any atom is 0.324 e. The van der Waals surface area contributed by atoms with Gasteiger partial charge in [0.2, 0.25) is 10.0 Å². The summed E-state index contributed by atoms with van der Waals surface area (Å²) in [6, 6.07) is 7.50. The van der Waals surface area contributed by atoms with Crippen molar-refractivity contribution in [1.29, 1.82) is 0 Å². The molecule has 0 spiro atoms. The van der Waals surface area contributed by atoms with Crippen LogP contribution >= 0.6 is 0 Å². The zero-order valence-corrected chi connectivity index (χ0v) is 20.0. The maximum atomic E-state index is 12.5. The summed E-state index contributed by atoms with van der Waals surface area (Å²) in [6.07, 6.45) is 2.13. The molecule has 0 saturated carbocycles. The highest BCUT2D eigenvalue weighted by atomic mass is 32.2.